The van der Waals surface area contributed by atoms with E-state index in [1.54, 1.807) is 37.3 Å². The maximum Gasteiger partial charge on any atom is 0.211 e. The van der Waals surface area contributed by atoms with Crippen LogP contribution < -0.4 is 5.32 Å². The molecule has 0 aliphatic heterocycles. The van der Waals surface area contributed by atoms with Gasteiger partial charge in [0.15, 0.2) is 11.5 Å². The van der Waals surface area contributed by atoms with E-state index in [9.17, 15) is 12.8 Å². The van der Waals surface area contributed by atoms with E-state index < -0.39 is 15.8 Å². The first-order valence-electron chi connectivity index (χ1n) is 8.56. The summed E-state index contributed by atoms with van der Waals surface area (Å²) in [7, 11) is -3.19. The molecule has 0 atom stereocenters. The SMILES string of the molecule is CCN(CCCNc1ccc2nnc(-c3ccccc3F)n2n1)S(C)(=O)=O. The standard InChI is InChI=1S/C17H21FN6O2S/c1-3-23(27(2,25)26)12-6-11-19-15-9-10-16-20-21-17(24(16)22-15)13-7-4-5-8-14(13)18/h4-5,7-10H,3,6,11-12H2,1-2H3,(H,19,22). The lowest BCUT2D eigenvalue weighted by atomic mass is 10.2. The third kappa shape index (κ3) is 4.40. The van der Waals surface area contributed by atoms with Gasteiger partial charge in [-0.15, -0.1) is 15.3 Å². The second-order valence-corrected chi connectivity index (χ2v) is 8.01. The molecule has 3 aromatic rings. The Bertz CT molecular complexity index is 1040. The van der Waals surface area contributed by atoms with Crippen molar-refractivity contribution in [1.29, 1.82) is 0 Å². The fourth-order valence-corrected chi connectivity index (χ4v) is 3.65. The number of nitrogens with one attached hydrogen (secondary N) is 1. The van der Waals surface area contributed by atoms with Crippen LogP contribution in [0, 0.1) is 5.82 Å². The molecule has 3 rings (SSSR count). The number of hydrogen-bond acceptors (Lipinski definition) is 6. The highest BCUT2D eigenvalue weighted by molar-refractivity contribution is 7.88. The predicted molar refractivity (Wildman–Crippen MR) is 101 cm³/mol. The third-order valence-electron chi connectivity index (χ3n) is 4.09. The van der Waals surface area contributed by atoms with Gasteiger partial charge in [0.25, 0.3) is 0 Å². The number of nitrogens with zero attached hydrogens (tertiary/aromatic N) is 5. The van der Waals surface area contributed by atoms with Gasteiger partial charge >= 0.3 is 0 Å². The number of fused-ring (bicyclic) bond motifs is 1. The molecule has 1 N–H and O–H groups in total. The zero-order valence-corrected chi connectivity index (χ0v) is 15.9. The van der Waals surface area contributed by atoms with Gasteiger partial charge in [0, 0.05) is 19.6 Å². The molecule has 0 unspecified atom stereocenters. The van der Waals surface area contributed by atoms with Crippen molar-refractivity contribution >= 4 is 21.5 Å². The highest BCUT2D eigenvalue weighted by Crippen LogP contribution is 2.21. The maximum absolute atomic E-state index is 14.1. The number of halogens is 1. The van der Waals surface area contributed by atoms with Crippen molar-refractivity contribution in [2.75, 3.05) is 31.2 Å². The van der Waals surface area contributed by atoms with Crippen LogP contribution in [0.25, 0.3) is 17.0 Å². The van der Waals surface area contributed by atoms with Crippen molar-refractivity contribution in [2.45, 2.75) is 13.3 Å². The van der Waals surface area contributed by atoms with Crippen molar-refractivity contribution in [3.8, 4) is 11.4 Å². The fraction of sp³-hybridized carbons (Fsp3) is 0.353. The lowest BCUT2D eigenvalue weighted by Crippen LogP contribution is -2.31. The van der Waals surface area contributed by atoms with E-state index in [0.29, 0.717) is 48.9 Å². The predicted octanol–water partition coefficient (Wildman–Crippen LogP) is 2.01. The van der Waals surface area contributed by atoms with E-state index in [2.05, 4.69) is 20.6 Å². The summed E-state index contributed by atoms with van der Waals surface area (Å²) in [6.45, 7) is 3.22. The molecule has 0 saturated heterocycles. The molecule has 8 nitrogen and oxygen atoms in total. The van der Waals surface area contributed by atoms with Crippen LogP contribution in [0.3, 0.4) is 0 Å². The molecule has 2 aromatic heterocycles. The van der Waals surface area contributed by atoms with Crippen LogP contribution in [0.4, 0.5) is 10.2 Å². The quantitative estimate of drug-likeness (QED) is 0.590. The summed E-state index contributed by atoms with van der Waals surface area (Å²) in [5.74, 6) is 0.496. The number of anilines is 1. The van der Waals surface area contributed by atoms with E-state index in [-0.39, 0.29) is 0 Å². The fourth-order valence-electron chi connectivity index (χ4n) is 2.72. The number of benzene rings is 1. The average Bonchev–Trinajstić information content (AvgIpc) is 3.04. The Morgan fingerprint density at radius 1 is 1.19 bits per heavy atom. The van der Waals surface area contributed by atoms with E-state index in [0.717, 1.165) is 0 Å². The van der Waals surface area contributed by atoms with Gasteiger partial charge in [-0.3, -0.25) is 0 Å². The van der Waals surface area contributed by atoms with Gasteiger partial charge in [-0.05, 0) is 30.7 Å². The molecule has 0 bridgehead atoms. The summed E-state index contributed by atoms with van der Waals surface area (Å²) >= 11 is 0. The van der Waals surface area contributed by atoms with Gasteiger partial charge in [-0.2, -0.15) is 4.52 Å². The first-order chi connectivity index (χ1) is 12.9. The van der Waals surface area contributed by atoms with Crippen LogP contribution >= 0.6 is 0 Å². The van der Waals surface area contributed by atoms with Crippen LogP contribution in [0.1, 0.15) is 13.3 Å². The van der Waals surface area contributed by atoms with Crippen LogP contribution in [0.5, 0.6) is 0 Å². The number of hydrogen-bond donors (Lipinski definition) is 1. The van der Waals surface area contributed by atoms with Crippen LogP contribution in [0.2, 0.25) is 0 Å². The molecular formula is C17H21FN6O2S. The van der Waals surface area contributed by atoms with Gasteiger partial charge in [-0.25, -0.2) is 17.1 Å². The van der Waals surface area contributed by atoms with Gasteiger partial charge in [0.05, 0.1) is 11.8 Å². The van der Waals surface area contributed by atoms with E-state index in [4.69, 9.17) is 0 Å². The molecule has 27 heavy (non-hydrogen) atoms. The minimum atomic E-state index is -3.19. The molecular weight excluding hydrogens is 371 g/mol. The summed E-state index contributed by atoms with van der Waals surface area (Å²) in [6.07, 6.45) is 1.83. The topological polar surface area (TPSA) is 92.5 Å². The van der Waals surface area contributed by atoms with Gasteiger partial charge < -0.3 is 5.32 Å². The summed E-state index contributed by atoms with van der Waals surface area (Å²) in [6, 6.07) is 9.81. The van der Waals surface area contributed by atoms with Crippen LogP contribution in [-0.2, 0) is 10.0 Å². The minimum Gasteiger partial charge on any atom is -0.369 e. The molecule has 0 aliphatic rings. The summed E-state index contributed by atoms with van der Waals surface area (Å²) in [5.41, 5.74) is 0.828. The number of aromatic nitrogens is 4. The zero-order valence-electron chi connectivity index (χ0n) is 15.1. The highest BCUT2D eigenvalue weighted by atomic mass is 32.2. The molecule has 0 amide bonds. The van der Waals surface area contributed by atoms with E-state index >= 15 is 0 Å². The Morgan fingerprint density at radius 3 is 2.67 bits per heavy atom. The highest BCUT2D eigenvalue weighted by Gasteiger charge is 2.14. The third-order valence-corrected chi connectivity index (χ3v) is 5.47. The van der Waals surface area contributed by atoms with Crippen molar-refractivity contribution in [1.82, 2.24) is 24.1 Å². The molecule has 1 aromatic carbocycles. The van der Waals surface area contributed by atoms with Crippen molar-refractivity contribution < 1.29 is 12.8 Å². The second-order valence-electron chi connectivity index (χ2n) is 6.03. The molecule has 10 heteroatoms. The van der Waals surface area contributed by atoms with Crippen LogP contribution in [-0.4, -0.2) is 58.4 Å². The summed E-state index contributed by atoms with van der Waals surface area (Å²) in [4.78, 5) is 0. The Morgan fingerprint density at radius 2 is 1.96 bits per heavy atom. The van der Waals surface area contributed by atoms with Gasteiger partial charge in [-0.1, -0.05) is 19.1 Å². The molecule has 0 radical (unpaired) electrons. The largest absolute Gasteiger partial charge is 0.369 e. The lowest BCUT2D eigenvalue weighted by Gasteiger charge is -2.17. The first-order valence-corrected chi connectivity index (χ1v) is 10.4. The Labute approximate surface area is 157 Å². The smallest absolute Gasteiger partial charge is 0.211 e. The maximum atomic E-state index is 14.1. The average molecular weight is 392 g/mol. The van der Waals surface area contributed by atoms with Crippen molar-refractivity contribution in [2.24, 2.45) is 0 Å². The van der Waals surface area contributed by atoms with E-state index in [1.807, 2.05) is 0 Å². The Hall–Kier alpha value is -2.59. The molecule has 2 heterocycles. The first kappa shape index (κ1) is 19.2. The van der Waals surface area contributed by atoms with Gasteiger partial charge in [0.1, 0.15) is 11.6 Å². The Balaban J connectivity index is 1.72. The summed E-state index contributed by atoms with van der Waals surface area (Å²) in [5, 5.41) is 15.6. The molecule has 0 fully saturated rings. The molecule has 144 valence electrons. The number of rotatable bonds is 8. The lowest BCUT2D eigenvalue weighted by molar-refractivity contribution is 0.428. The van der Waals surface area contributed by atoms with E-state index in [1.165, 1.54) is 21.1 Å². The van der Waals surface area contributed by atoms with Crippen molar-refractivity contribution in [3.63, 3.8) is 0 Å². The molecule has 0 saturated carbocycles. The Kier molecular flexibility index (Phi) is 5.66. The summed E-state index contributed by atoms with van der Waals surface area (Å²) < 4.78 is 40.1. The molecule has 0 spiro atoms. The molecule has 0 aliphatic carbocycles. The second kappa shape index (κ2) is 7.97. The normalized spacial score (nSPS) is 12.0. The monoisotopic (exact) mass is 392 g/mol. The zero-order chi connectivity index (χ0) is 19.4. The number of sulfonamides is 1. The van der Waals surface area contributed by atoms with Crippen LogP contribution in [0.15, 0.2) is 36.4 Å². The minimum absolute atomic E-state index is 0.320. The van der Waals surface area contributed by atoms with Crippen molar-refractivity contribution in [3.05, 3.63) is 42.2 Å². The van der Waals surface area contributed by atoms with Gasteiger partial charge in [0.2, 0.25) is 10.0 Å².